The van der Waals surface area contributed by atoms with Gasteiger partial charge in [-0.25, -0.2) is 0 Å². The summed E-state index contributed by atoms with van der Waals surface area (Å²) in [7, 11) is 0. The van der Waals surface area contributed by atoms with Crippen LogP contribution in [0.4, 0.5) is 0 Å². The Hall–Kier alpha value is -0.0800. The number of nitrogens with two attached hydrogens (primary N) is 1. The van der Waals surface area contributed by atoms with Crippen LogP contribution in [0, 0.1) is 17.8 Å². The average molecular weight is 242 g/mol. The molecule has 0 amide bonds. The van der Waals surface area contributed by atoms with Crippen LogP contribution >= 0.6 is 0 Å². The van der Waals surface area contributed by atoms with E-state index in [1.54, 1.807) is 0 Å². The van der Waals surface area contributed by atoms with Crippen molar-refractivity contribution in [2.24, 2.45) is 23.5 Å². The molecule has 0 bridgehead atoms. The zero-order valence-electron chi connectivity index (χ0n) is 12.5. The number of hydrogen-bond acceptors (Lipinski definition) is 2. The van der Waals surface area contributed by atoms with Crippen molar-refractivity contribution in [2.75, 3.05) is 19.6 Å². The van der Waals surface area contributed by atoms with Gasteiger partial charge in [0.05, 0.1) is 0 Å². The zero-order valence-corrected chi connectivity index (χ0v) is 12.5. The van der Waals surface area contributed by atoms with E-state index in [2.05, 4.69) is 33.0 Å². The first-order valence-corrected chi connectivity index (χ1v) is 7.48. The molecule has 104 valence electrons. The van der Waals surface area contributed by atoms with Crippen molar-refractivity contribution in [3.05, 3.63) is 0 Å². The molecule has 0 aliphatic heterocycles. The number of unbranched alkanes of at least 4 members (excludes halogenated alkanes) is 3. The summed E-state index contributed by atoms with van der Waals surface area (Å²) in [4.78, 5) is 0. The molecule has 0 spiro atoms. The fourth-order valence-corrected chi connectivity index (χ4v) is 2.03. The van der Waals surface area contributed by atoms with E-state index >= 15 is 0 Å². The summed E-state index contributed by atoms with van der Waals surface area (Å²) >= 11 is 0. The number of hydrogen-bond donors (Lipinski definition) is 2. The average Bonchev–Trinajstić information content (AvgIpc) is 2.26. The molecular formula is C15H34N2. The van der Waals surface area contributed by atoms with E-state index < -0.39 is 0 Å². The molecular weight excluding hydrogens is 208 g/mol. The van der Waals surface area contributed by atoms with Crippen LogP contribution in [0.2, 0.25) is 0 Å². The Bertz CT molecular complexity index is 155. The summed E-state index contributed by atoms with van der Waals surface area (Å²) in [6, 6.07) is 0. The van der Waals surface area contributed by atoms with Crippen molar-refractivity contribution < 1.29 is 0 Å². The summed E-state index contributed by atoms with van der Waals surface area (Å²) < 4.78 is 0. The smallest absolute Gasteiger partial charge is 0.000600 e. The molecule has 0 aromatic heterocycles. The van der Waals surface area contributed by atoms with E-state index in [4.69, 9.17) is 5.73 Å². The predicted octanol–water partition coefficient (Wildman–Crippen LogP) is 3.41. The SMILES string of the molecule is CC(C)CCCCCCNCC(CN)C(C)C. The maximum absolute atomic E-state index is 5.74. The summed E-state index contributed by atoms with van der Waals surface area (Å²) in [5.74, 6) is 2.19. The third kappa shape index (κ3) is 10.8. The van der Waals surface area contributed by atoms with Gasteiger partial charge in [0.2, 0.25) is 0 Å². The molecule has 2 heteroatoms. The molecule has 0 radical (unpaired) electrons. The molecule has 1 atom stereocenters. The van der Waals surface area contributed by atoms with Crippen molar-refractivity contribution in [2.45, 2.75) is 59.8 Å². The van der Waals surface area contributed by atoms with Crippen LogP contribution in [-0.4, -0.2) is 19.6 Å². The highest BCUT2D eigenvalue weighted by molar-refractivity contribution is 4.66. The van der Waals surface area contributed by atoms with E-state index in [1.165, 1.54) is 32.1 Å². The van der Waals surface area contributed by atoms with Crippen molar-refractivity contribution in [3.8, 4) is 0 Å². The largest absolute Gasteiger partial charge is 0.330 e. The van der Waals surface area contributed by atoms with Gasteiger partial charge in [-0.15, -0.1) is 0 Å². The summed E-state index contributed by atoms with van der Waals surface area (Å²) in [5, 5.41) is 3.54. The standard InChI is InChI=1S/C15H34N2/c1-13(2)9-7-5-6-8-10-17-12-15(11-16)14(3)4/h13-15,17H,5-12,16H2,1-4H3. The monoisotopic (exact) mass is 242 g/mol. The van der Waals surface area contributed by atoms with Crippen molar-refractivity contribution in [1.82, 2.24) is 5.32 Å². The molecule has 0 saturated heterocycles. The second kappa shape index (κ2) is 11.0. The quantitative estimate of drug-likeness (QED) is 0.545. The van der Waals surface area contributed by atoms with Gasteiger partial charge in [0.1, 0.15) is 0 Å². The molecule has 1 unspecified atom stereocenters. The van der Waals surface area contributed by atoms with Crippen LogP contribution in [0.25, 0.3) is 0 Å². The van der Waals surface area contributed by atoms with Gasteiger partial charge in [-0.1, -0.05) is 53.4 Å². The third-order valence-corrected chi connectivity index (χ3v) is 3.54. The first-order chi connectivity index (χ1) is 8.07. The Morgan fingerprint density at radius 1 is 0.941 bits per heavy atom. The van der Waals surface area contributed by atoms with Gasteiger partial charge in [-0.3, -0.25) is 0 Å². The molecule has 0 aliphatic carbocycles. The molecule has 0 aliphatic rings. The number of nitrogens with one attached hydrogen (secondary N) is 1. The van der Waals surface area contributed by atoms with Crippen molar-refractivity contribution in [1.29, 1.82) is 0 Å². The zero-order chi connectivity index (χ0) is 13.1. The maximum Gasteiger partial charge on any atom is -0.000600 e. The van der Waals surface area contributed by atoms with Gasteiger partial charge in [0.15, 0.2) is 0 Å². The Morgan fingerprint density at radius 3 is 2.12 bits per heavy atom. The van der Waals surface area contributed by atoms with E-state index in [0.717, 1.165) is 25.6 Å². The second-order valence-corrected chi connectivity index (χ2v) is 6.04. The topological polar surface area (TPSA) is 38.0 Å². The predicted molar refractivity (Wildman–Crippen MR) is 78.2 cm³/mol. The van der Waals surface area contributed by atoms with Crippen LogP contribution in [0.5, 0.6) is 0 Å². The molecule has 0 rings (SSSR count). The summed E-state index contributed by atoms with van der Waals surface area (Å²) in [5.41, 5.74) is 5.74. The molecule has 0 aromatic rings. The molecule has 0 saturated carbocycles. The first kappa shape index (κ1) is 16.9. The maximum atomic E-state index is 5.74. The minimum Gasteiger partial charge on any atom is -0.330 e. The minimum atomic E-state index is 0.635. The summed E-state index contributed by atoms with van der Waals surface area (Å²) in [6.45, 7) is 12.2. The lowest BCUT2D eigenvalue weighted by atomic mass is 9.96. The fourth-order valence-electron chi connectivity index (χ4n) is 2.03. The van der Waals surface area contributed by atoms with Gasteiger partial charge in [0.25, 0.3) is 0 Å². The van der Waals surface area contributed by atoms with Gasteiger partial charge in [-0.05, 0) is 43.8 Å². The lowest BCUT2D eigenvalue weighted by Crippen LogP contribution is -2.32. The van der Waals surface area contributed by atoms with E-state index in [-0.39, 0.29) is 0 Å². The fraction of sp³-hybridized carbons (Fsp3) is 1.00. The van der Waals surface area contributed by atoms with Crippen LogP contribution < -0.4 is 11.1 Å². The van der Waals surface area contributed by atoms with Crippen LogP contribution in [0.3, 0.4) is 0 Å². The van der Waals surface area contributed by atoms with Gasteiger partial charge >= 0.3 is 0 Å². The normalized spacial score (nSPS) is 13.6. The molecule has 17 heavy (non-hydrogen) atoms. The Balaban J connectivity index is 3.23. The Labute approximate surface area is 109 Å². The Kier molecular flexibility index (Phi) is 11.0. The lowest BCUT2D eigenvalue weighted by molar-refractivity contribution is 0.369. The van der Waals surface area contributed by atoms with Crippen LogP contribution in [-0.2, 0) is 0 Å². The Morgan fingerprint density at radius 2 is 1.59 bits per heavy atom. The van der Waals surface area contributed by atoms with Crippen LogP contribution in [0.15, 0.2) is 0 Å². The highest BCUT2D eigenvalue weighted by atomic mass is 14.9. The lowest BCUT2D eigenvalue weighted by Gasteiger charge is -2.19. The van der Waals surface area contributed by atoms with E-state index in [1.807, 2.05) is 0 Å². The van der Waals surface area contributed by atoms with E-state index in [0.29, 0.717) is 11.8 Å². The highest BCUT2D eigenvalue weighted by Gasteiger charge is 2.09. The van der Waals surface area contributed by atoms with Crippen molar-refractivity contribution >= 4 is 0 Å². The van der Waals surface area contributed by atoms with Crippen molar-refractivity contribution in [3.63, 3.8) is 0 Å². The third-order valence-electron chi connectivity index (χ3n) is 3.54. The number of rotatable bonds is 11. The first-order valence-electron chi connectivity index (χ1n) is 7.48. The molecule has 0 aromatic carbocycles. The van der Waals surface area contributed by atoms with Gasteiger partial charge < -0.3 is 11.1 Å². The van der Waals surface area contributed by atoms with Gasteiger partial charge in [0, 0.05) is 0 Å². The second-order valence-electron chi connectivity index (χ2n) is 6.04. The van der Waals surface area contributed by atoms with Gasteiger partial charge in [-0.2, -0.15) is 0 Å². The minimum absolute atomic E-state index is 0.635. The van der Waals surface area contributed by atoms with Crippen LogP contribution in [0.1, 0.15) is 59.8 Å². The van der Waals surface area contributed by atoms with E-state index in [9.17, 15) is 0 Å². The molecule has 3 N–H and O–H groups in total. The highest BCUT2D eigenvalue weighted by Crippen LogP contribution is 2.09. The molecule has 2 nitrogen and oxygen atoms in total. The molecule has 0 fully saturated rings. The summed E-state index contributed by atoms with van der Waals surface area (Å²) in [6.07, 6.45) is 6.86. The molecule has 0 heterocycles.